The van der Waals surface area contributed by atoms with E-state index in [0.717, 1.165) is 12.6 Å². The summed E-state index contributed by atoms with van der Waals surface area (Å²) in [5.74, 6) is 0. The van der Waals surface area contributed by atoms with Gasteiger partial charge in [-0.05, 0) is 61.6 Å². The Labute approximate surface area is 124 Å². The molecule has 3 fully saturated rings. The first-order valence-corrected chi connectivity index (χ1v) is 8.06. The van der Waals surface area contributed by atoms with Gasteiger partial charge < -0.3 is 5.32 Å². The molecule has 1 aromatic carbocycles. The summed E-state index contributed by atoms with van der Waals surface area (Å²) in [6, 6.07) is 7.00. The molecule has 3 aliphatic carbocycles. The average molecular weight is 296 g/mol. The first-order chi connectivity index (χ1) is 9.11. The van der Waals surface area contributed by atoms with Crippen LogP contribution in [0.2, 0.25) is 10.0 Å². The molecular weight excluding hydrogens is 277 g/mol. The molecule has 1 aromatic rings. The molecule has 19 heavy (non-hydrogen) atoms. The number of halogens is 2. The first-order valence-electron chi connectivity index (χ1n) is 7.30. The van der Waals surface area contributed by atoms with Gasteiger partial charge in [0.25, 0.3) is 0 Å². The van der Waals surface area contributed by atoms with Crippen LogP contribution in [0.3, 0.4) is 0 Å². The molecule has 4 rings (SSSR count). The zero-order chi connectivity index (χ0) is 13.1. The quantitative estimate of drug-likeness (QED) is 0.859. The maximum absolute atomic E-state index is 6.21. The Morgan fingerprint density at radius 1 is 1.11 bits per heavy atom. The number of benzene rings is 1. The maximum Gasteiger partial charge on any atom is 0.0595 e. The summed E-state index contributed by atoms with van der Waals surface area (Å²) in [5, 5.41) is 5.08. The van der Waals surface area contributed by atoms with E-state index in [9.17, 15) is 0 Å². The second-order valence-electron chi connectivity index (χ2n) is 6.92. The minimum Gasteiger partial charge on any atom is -0.313 e. The number of hydrogen-bond donors (Lipinski definition) is 1. The van der Waals surface area contributed by atoms with Gasteiger partial charge in [-0.15, -0.1) is 0 Å². The van der Waals surface area contributed by atoms with Gasteiger partial charge in [0.05, 0.1) is 10.0 Å². The van der Waals surface area contributed by atoms with E-state index < -0.39 is 0 Å². The van der Waals surface area contributed by atoms with Crippen molar-refractivity contribution in [2.75, 3.05) is 6.54 Å². The van der Waals surface area contributed by atoms with E-state index >= 15 is 0 Å². The highest BCUT2D eigenvalue weighted by molar-refractivity contribution is 6.42. The molecule has 0 aliphatic heterocycles. The van der Waals surface area contributed by atoms with Crippen LogP contribution >= 0.6 is 23.2 Å². The molecule has 1 spiro atoms. The second kappa shape index (κ2) is 4.13. The van der Waals surface area contributed by atoms with Crippen LogP contribution in [0.1, 0.15) is 44.1 Å². The van der Waals surface area contributed by atoms with E-state index in [1.165, 1.54) is 44.1 Å². The van der Waals surface area contributed by atoms with Crippen molar-refractivity contribution in [2.45, 2.75) is 50.0 Å². The molecule has 0 aromatic heterocycles. The van der Waals surface area contributed by atoms with Gasteiger partial charge in [0.15, 0.2) is 0 Å². The predicted molar refractivity (Wildman–Crippen MR) is 80.1 cm³/mol. The normalized spacial score (nSPS) is 26.2. The fraction of sp³-hybridized carbons (Fsp3) is 0.625. The summed E-state index contributed by atoms with van der Waals surface area (Å²) in [6.45, 7) is 1.11. The van der Waals surface area contributed by atoms with Crippen molar-refractivity contribution in [2.24, 2.45) is 5.41 Å². The Hall–Kier alpha value is -0.240. The van der Waals surface area contributed by atoms with Gasteiger partial charge in [0.1, 0.15) is 0 Å². The van der Waals surface area contributed by atoms with Crippen LogP contribution in [0, 0.1) is 5.41 Å². The molecule has 102 valence electrons. The van der Waals surface area contributed by atoms with Crippen LogP contribution in [0.15, 0.2) is 18.2 Å². The lowest BCUT2D eigenvalue weighted by Gasteiger charge is -2.50. The Kier molecular flexibility index (Phi) is 2.72. The summed E-state index contributed by atoms with van der Waals surface area (Å²) >= 11 is 12.3. The molecule has 0 unspecified atom stereocenters. The second-order valence-corrected chi connectivity index (χ2v) is 7.73. The van der Waals surface area contributed by atoms with E-state index in [0.29, 0.717) is 20.9 Å². The lowest BCUT2D eigenvalue weighted by Crippen LogP contribution is -2.50. The summed E-state index contributed by atoms with van der Waals surface area (Å²) in [4.78, 5) is 0. The molecule has 3 aliphatic rings. The van der Waals surface area contributed by atoms with Crippen molar-refractivity contribution in [3.63, 3.8) is 0 Å². The van der Waals surface area contributed by atoms with Crippen molar-refractivity contribution >= 4 is 23.2 Å². The Balaban J connectivity index is 1.59. The molecule has 1 N–H and O–H groups in total. The zero-order valence-electron chi connectivity index (χ0n) is 11.0. The molecule has 0 amide bonds. The standard InChI is InChI=1S/C16H19Cl2N/c17-13-4-1-11(7-14(13)18)16(10-19-12-2-3-12)8-15(9-16)5-6-15/h1,4,7,12,19H,2-3,5-6,8-10H2. The van der Waals surface area contributed by atoms with Crippen molar-refractivity contribution in [3.05, 3.63) is 33.8 Å². The molecule has 3 heteroatoms. The first kappa shape index (κ1) is 12.5. The van der Waals surface area contributed by atoms with Crippen molar-refractivity contribution in [1.29, 1.82) is 0 Å². The van der Waals surface area contributed by atoms with Crippen LogP contribution < -0.4 is 5.32 Å². The highest BCUT2D eigenvalue weighted by atomic mass is 35.5. The summed E-state index contributed by atoms with van der Waals surface area (Å²) in [6.07, 6.45) is 8.22. The van der Waals surface area contributed by atoms with Crippen LogP contribution in [-0.2, 0) is 5.41 Å². The van der Waals surface area contributed by atoms with Crippen LogP contribution in [0.5, 0.6) is 0 Å². The summed E-state index contributed by atoms with van der Waals surface area (Å²) < 4.78 is 0. The minimum absolute atomic E-state index is 0.313. The monoisotopic (exact) mass is 295 g/mol. The minimum atomic E-state index is 0.313. The molecular formula is C16H19Cl2N. The van der Waals surface area contributed by atoms with Crippen molar-refractivity contribution in [3.8, 4) is 0 Å². The molecule has 0 bridgehead atoms. The van der Waals surface area contributed by atoms with Gasteiger partial charge in [-0.3, -0.25) is 0 Å². The third kappa shape index (κ3) is 2.20. The smallest absolute Gasteiger partial charge is 0.0595 e. The van der Waals surface area contributed by atoms with E-state index in [1.54, 1.807) is 0 Å². The molecule has 1 nitrogen and oxygen atoms in total. The lowest BCUT2D eigenvalue weighted by atomic mass is 9.56. The van der Waals surface area contributed by atoms with E-state index in [-0.39, 0.29) is 0 Å². The van der Waals surface area contributed by atoms with E-state index in [1.807, 2.05) is 6.07 Å². The highest BCUT2D eigenvalue weighted by Crippen LogP contribution is 2.68. The number of hydrogen-bond acceptors (Lipinski definition) is 1. The van der Waals surface area contributed by atoms with Gasteiger partial charge >= 0.3 is 0 Å². The summed E-state index contributed by atoms with van der Waals surface area (Å²) in [5.41, 5.74) is 2.39. The van der Waals surface area contributed by atoms with Gasteiger partial charge in [-0.25, -0.2) is 0 Å². The molecule has 0 heterocycles. The highest BCUT2D eigenvalue weighted by Gasteiger charge is 2.61. The number of nitrogens with one attached hydrogen (secondary N) is 1. The van der Waals surface area contributed by atoms with Crippen LogP contribution in [0.25, 0.3) is 0 Å². The Morgan fingerprint density at radius 3 is 2.42 bits per heavy atom. The third-order valence-electron chi connectivity index (χ3n) is 5.22. The van der Waals surface area contributed by atoms with Crippen molar-refractivity contribution < 1.29 is 0 Å². The SMILES string of the molecule is Clc1ccc(C2(CNC3CC3)CC3(CC3)C2)cc1Cl. The van der Waals surface area contributed by atoms with Gasteiger partial charge in [-0.2, -0.15) is 0 Å². The van der Waals surface area contributed by atoms with Crippen LogP contribution in [-0.4, -0.2) is 12.6 Å². The topological polar surface area (TPSA) is 12.0 Å². The van der Waals surface area contributed by atoms with E-state index in [2.05, 4.69) is 17.4 Å². The fourth-order valence-corrected chi connectivity index (χ4v) is 4.10. The predicted octanol–water partition coefficient (Wildman–Crippen LogP) is 4.56. The van der Waals surface area contributed by atoms with Crippen LogP contribution in [0.4, 0.5) is 0 Å². The molecule has 0 saturated heterocycles. The maximum atomic E-state index is 6.21. The molecule has 0 atom stereocenters. The summed E-state index contributed by atoms with van der Waals surface area (Å²) in [7, 11) is 0. The largest absolute Gasteiger partial charge is 0.313 e. The Morgan fingerprint density at radius 2 is 1.84 bits per heavy atom. The number of rotatable bonds is 4. The van der Waals surface area contributed by atoms with E-state index in [4.69, 9.17) is 23.2 Å². The third-order valence-corrected chi connectivity index (χ3v) is 5.96. The average Bonchev–Trinajstić information content (AvgIpc) is 3.23. The zero-order valence-corrected chi connectivity index (χ0v) is 12.5. The molecule has 0 radical (unpaired) electrons. The lowest BCUT2D eigenvalue weighted by molar-refractivity contribution is 0.116. The van der Waals surface area contributed by atoms with Gasteiger partial charge in [0.2, 0.25) is 0 Å². The Bertz CT molecular complexity index is 509. The van der Waals surface area contributed by atoms with Gasteiger partial charge in [0, 0.05) is 18.0 Å². The van der Waals surface area contributed by atoms with Crippen molar-refractivity contribution in [1.82, 2.24) is 5.32 Å². The fourth-order valence-electron chi connectivity index (χ4n) is 3.80. The van der Waals surface area contributed by atoms with Gasteiger partial charge in [-0.1, -0.05) is 29.3 Å². The molecule has 3 saturated carbocycles.